The Morgan fingerprint density at radius 3 is 2.74 bits per heavy atom. The van der Waals surface area contributed by atoms with E-state index >= 15 is 0 Å². The number of nitrogens with one attached hydrogen (secondary N) is 1. The van der Waals surface area contributed by atoms with E-state index in [1.165, 1.54) is 4.52 Å². The number of hydrogen-bond donors (Lipinski definition) is 3. The van der Waals surface area contributed by atoms with Gasteiger partial charge in [0.1, 0.15) is 5.56 Å². The normalized spacial score (nSPS) is 10.8. The van der Waals surface area contributed by atoms with Gasteiger partial charge in [-0.25, -0.2) is 9.50 Å². The second kappa shape index (κ2) is 9.59. The molecule has 31 heavy (non-hydrogen) atoms. The second-order valence-electron chi connectivity index (χ2n) is 6.77. The molecule has 1 amide bonds. The molecule has 0 radical (unpaired) electrons. The zero-order valence-electron chi connectivity index (χ0n) is 17.3. The van der Waals surface area contributed by atoms with E-state index in [2.05, 4.69) is 28.4 Å². The first-order valence-corrected chi connectivity index (χ1v) is 10.1. The molecule has 0 saturated carbocycles. The maximum Gasteiger partial charge on any atom is 0.260 e. The van der Waals surface area contributed by atoms with E-state index in [9.17, 15) is 9.59 Å². The van der Waals surface area contributed by atoms with Crippen LogP contribution in [0.3, 0.4) is 0 Å². The number of halogens is 1. The molecule has 0 bridgehead atoms. The third-order valence-electron chi connectivity index (χ3n) is 4.79. The number of nitrogens with two attached hydrogens (primary N) is 2. The lowest BCUT2D eigenvalue weighted by Gasteiger charge is -2.13. The highest BCUT2D eigenvalue weighted by molar-refractivity contribution is 6.35. The van der Waals surface area contributed by atoms with Gasteiger partial charge >= 0.3 is 0 Å². The highest BCUT2D eigenvalue weighted by atomic mass is 35.5. The Morgan fingerprint density at radius 2 is 2.06 bits per heavy atom. The van der Waals surface area contributed by atoms with Crippen molar-refractivity contribution in [1.29, 1.82) is 0 Å². The van der Waals surface area contributed by atoms with Gasteiger partial charge in [0.05, 0.1) is 10.4 Å². The Hall–Kier alpha value is -3.43. The summed E-state index contributed by atoms with van der Waals surface area (Å²) in [4.78, 5) is 27.4. The van der Waals surface area contributed by atoms with Gasteiger partial charge in [-0.15, -0.1) is 5.10 Å². The minimum atomic E-state index is -0.619. The highest BCUT2D eigenvalue weighted by Gasteiger charge is 2.15. The first-order chi connectivity index (χ1) is 14.9. The number of anilines is 1. The highest BCUT2D eigenvalue weighted by Crippen LogP contribution is 2.21. The van der Waals surface area contributed by atoms with Crippen LogP contribution in [0.4, 0.5) is 5.82 Å². The summed E-state index contributed by atoms with van der Waals surface area (Å²) in [5.41, 5.74) is 12.2. The van der Waals surface area contributed by atoms with Gasteiger partial charge in [-0.05, 0) is 37.1 Å². The molecule has 0 aliphatic heterocycles. The summed E-state index contributed by atoms with van der Waals surface area (Å²) in [5, 5.41) is 9.00. The number of pyridine rings is 1. The summed E-state index contributed by atoms with van der Waals surface area (Å²) in [7, 11) is 1.88. The number of nitrogens with zero attached hydrogens (tertiary/aromatic N) is 4. The summed E-state index contributed by atoms with van der Waals surface area (Å²) >= 11 is 6.13. The topological polar surface area (TPSA) is 133 Å². The fraction of sp³-hybridized carbons (Fsp3) is 0.238. The summed E-state index contributed by atoms with van der Waals surface area (Å²) < 4.78 is 3.22. The number of amides is 1. The van der Waals surface area contributed by atoms with E-state index in [4.69, 9.17) is 23.1 Å². The van der Waals surface area contributed by atoms with Crippen LogP contribution >= 0.6 is 11.6 Å². The number of fused-ring (bicyclic) bond motifs is 2. The lowest BCUT2D eigenvalue weighted by Crippen LogP contribution is -2.28. The summed E-state index contributed by atoms with van der Waals surface area (Å²) in [5.74, 6) is -0.516. The van der Waals surface area contributed by atoms with Crippen molar-refractivity contribution < 1.29 is 4.79 Å². The average Bonchev–Trinajstić information content (AvgIpc) is 3.09. The van der Waals surface area contributed by atoms with E-state index in [1.807, 2.05) is 23.7 Å². The Labute approximate surface area is 183 Å². The number of aryl methyl sites for hydroxylation is 1. The third-order valence-corrected chi connectivity index (χ3v) is 5.11. The molecule has 1 aromatic carbocycles. The standard InChI is InChI=1S/C14H17ClN2O.C7H7N5O/c1-3-11-9-10-5-4-6-12(15)13(10)14(18)17(11)8-7-16-2;8-5-4(6(9)13)7-10-2-1-3-12(7)11-5/h4-6,9,16H,3,7-8H2,1-2H3;1-3H,(H2,8,11)(H2,9,13). The van der Waals surface area contributed by atoms with Gasteiger partial charge in [0.2, 0.25) is 0 Å². The van der Waals surface area contributed by atoms with Gasteiger partial charge in [-0.3, -0.25) is 9.59 Å². The van der Waals surface area contributed by atoms with Gasteiger partial charge in [-0.2, -0.15) is 0 Å². The molecule has 0 unspecified atom stereocenters. The summed E-state index contributed by atoms with van der Waals surface area (Å²) in [6, 6.07) is 9.31. The zero-order chi connectivity index (χ0) is 22.5. The summed E-state index contributed by atoms with van der Waals surface area (Å²) in [6.45, 7) is 3.49. The van der Waals surface area contributed by atoms with E-state index in [0.29, 0.717) is 22.6 Å². The molecule has 162 valence electrons. The molecular weight excluding hydrogens is 418 g/mol. The van der Waals surface area contributed by atoms with Crippen LogP contribution in [-0.2, 0) is 13.0 Å². The second-order valence-corrected chi connectivity index (χ2v) is 7.17. The van der Waals surface area contributed by atoms with Crippen molar-refractivity contribution in [3.63, 3.8) is 0 Å². The van der Waals surface area contributed by atoms with Crippen molar-refractivity contribution in [2.45, 2.75) is 19.9 Å². The first-order valence-electron chi connectivity index (χ1n) is 9.73. The van der Waals surface area contributed by atoms with Crippen molar-refractivity contribution in [1.82, 2.24) is 24.5 Å². The predicted molar refractivity (Wildman–Crippen MR) is 122 cm³/mol. The molecule has 0 fully saturated rings. The monoisotopic (exact) mass is 441 g/mol. The van der Waals surface area contributed by atoms with E-state index in [1.54, 1.807) is 24.5 Å². The molecule has 3 heterocycles. The van der Waals surface area contributed by atoms with E-state index in [-0.39, 0.29) is 16.9 Å². The average molecular weight is 442 g/mol. The van der Waals surface area contributed by atoms with Gasteiger partial charge in [-0.1, -0.05) is 30.7 Å². The van der Waals surface area contributed by atoms with Crippen LogP contribution in [0.25, 0.3) is 16.4 Å². The molecule has 0 spiro atoms. The number of primary amides is 1. The van der Waals surface area contributed by atoms with Crippen molar-refractivity contribution in [3.05, 3.63) is 69.4 Å². The molecule has 4 rings (SSSR count). The number of hydrogen-bond acceptors (Lipinski definition) is 6. The van der Waals surface area contributed by atoms with Crippen LogP contribution in [0.5, 0.6) is 0 Å². The smallest absolute Gasteiger partial charge is 0.260 e. The molecule has 3 aromatic heterocycles. The van der Waals surface area contributed by atoms with E-state index in [0.717, 1.165) is 24.0 Å². The number of carbonyl (C=O) groups is 1. The van der Waals surface area contributed by atoms with Crippen molar-refractivity contribution in [2.75, 3.05) is 19.3 Å². The first kappa shape index (κ1) is 22.3. The van der Waals surface area contributed by atoms with Gasteiger partial charge < -0.3 is 21.4 Å². The fourth-order valence-corrected chi connectivity index (χ4v) is 3.57. The van der Waals surface area contributed by atoms with Crippen LogP contribution in [0.2, 0.25) is 5.02 Å². The lowest BCUT2D eigenvalue weighted by molar-refractivity contribution is 0.100. The van der Waals surface area contributed by atoms with Crippen molar-refractivity contribution in [2.24, 2.45) is 5.73 Å². The number of rotatable bonds is 5. The number of benzene rings is 1. The SMILES string of the molecule is CCc1cc2cccc(Cl)c2c(=O)n1CCNC.NC(=O)c1c(N)nn2cccnc12. The summed E-state index contributed by atoms with van der Waals surface area (Å²) in [6.07, 6.45) is 4.02. The fourth-order valence-electron chi connectivity index (χ4n) is 3.31. The maximum atomic E-state index is 12.5. The van der Waals surface area contributed by atoms with Gasteiger partial charge in [0.15, 0.2) is 11.5 Å². The van der Waals surface area contributed by atoms with Gasteiger partial charge in [0, 0.05) is 31.2 Å². The molecule has 0 aliphatic rings. The Morgan fingerprint density at radius 1 is 1.29 bits per heavy atom. The molecule has 4 aromatic rings. The molecule has 0 atom stereocenters. The largest absolute Gasteiger partial charge is 0.381 e. The molecule has 5 N–H and O–H groups in total. The predicted octanol–water partition coefficient (Wildman–Crippen LogP) is 1.85. The van der Waals surface area contributed by atoms with Crippen LogP contribution in [-0.4, -0.2) is 38.7 Å². The van der Waals surface area contributed by atoms with Crippen molar-refractivity contribution >= 4 is 39.7 Å². The number of nitrogen functional groups attached to an aromatic ring is 1. The van der Waals surface area contributed by atoms with Crippen molar-refractivity contribution in [3.8, 4) is 0 Å². The zero-order valence-corrected chi connectivity index (χ0v) is 18.1. The Balaban J connectivity index is 0.000000185. The van der Waals surface area contributed by atoms with Crippen LogP contribution < -0.4 is 22.3 Å². The minimum absolute atomic E-state index is 0.00481. The molecule has 0 aliphatic carbocycles. The van der Waals surface area contributed by atoms with Gasteiger partial charge in [0.25, 0.3) is 11.5 Å². The maximum absolute atomic E-state index is 12.5. The molecular formula is C21H24ClN7O2. The minimum Gasteiger partial charge on any atom is -0.381 e. The molecule has 9 nitrogen and oxygen atoms in total. The Kier molecular flexibility index (Phi) is 6.88. The van der Waals surface area contributed by atoms with Crippen LogP contribution in [0.1, 0.15) is 23.0 Å². The number of likely N-dealkylation sites (N-methyl/N-ethyl adjacent to an activating group) is 1. The molecule has 10 heteroatoms. The quantitative estimate of drug-likeness (QED) is 0.432. The third kappa shape index (κ3) is 4.52. The van der Waals surface area contributed by atoms with Crippen LogP contribution in [0.15, 0.2) is 47.5 Å². The number of aromatic nitrogens is 4. The van der Waals surface area contributed by atoms with E-state index < -0.39 is 5.91 Å². The number of carbonyl (C=O) groups excluding carboxylic acids is 1. The molecule has 0 saturated heterocycles. The van der Waals surface area contributed by atoms with Crippen LogP contribution in [0, 0.1) is 0 Å². The Bertz CT molecular complexity index is 1300. The lowest BCUT2D eigenvalue weighted by atomic mass is 10.1.